The van der Waals surface area contributed by atoms with Crippen molar-refractivity contribution in [1.29, 1.82) is 0 Å². The Kier molecular flexibility index (Phi) is 3.96. The van der Waals surface area contributed by atoms with Crippen LogP contribution in [-0.2, 0) is 14.8 Å². The number of carboxylic acid groups (broad SMARTS) is 1. The zero-order valence-corrected chi connectivity index (χ0v) is 13.5. The minimum Gasteiger partial charge on any atom is -0.481 e. The molecule has 1 aliphatic heterocycles. The zero-order valence-electron chi connectivity index (χ0n) is 11.8. The van der Waals surface area contributed by atoms with Crippen molar-refractivity contribution in [1.82, 2.24) is 4.31 Å². The first-order valence-electron chi connectivity index (χ1n) is 6.47. The Hall–Kier alpha value is -0.920. The molecule has 0 atom stereocenters. The monoisotopic (exact) mass is 317 g/mol. The lowest BCUT2D eigenvalue weighted by molar-refractivity contribution is -0.150. The Labute approximate surface area is 123 Å². The van der Waals surface area contributed by atoms with Gasteiger partial charge in [-0.1, -0.05) is 0 Å². The van der Waals surface area contributed by atoms with Crippen molar-refractivity contribution in [3.05, 3.63) is 15.8 Å². The summed E-state index contributed by atoms with van der Waals surface area (Å²) in [6.45, 7) is 5.89. The Bertz CT molecular complexity index is 625. The van der Waals surface area contributed by atoms with Gasteiger partial charge < -0.3 is 5.11 Å². The number of rotatable bonds is 3. The molecule has 2 heterocycles. The molecule has 1 saturated heterocycles. The van der Waals surface area contributed by atoms with Gasteiger partial charge in [0.2, 0.25) is 10.0 Å². The predicted octanol–water partition coefficient (Wildman–Crippen LogP) is 2.24. The molecule has 0 bridgehead atoms. The number of sulfonamides is 1. The lowest BCUT2D eigenvalue weighted by Crippen LogP contribution is -2.45. The number of carboxylic acids is 1. The molecule has 7 heteroatoms. The van der Waals surface area contributed by atoms with Crippen LogP contribution in [0.3, 0.4) is 0 Å². The molecule has 1 aliphatic rings. The van der Waals surface area contributed by atoms with E-state index in [0.29, 0.717) is 17.7 Å². The molecule has 0 aliphatic carbocycles. The van der Waals surface area contributed by atoms with Crippen LogP contribution < -0.4 is 0 Å². The van der Waals surface area contributed by atoms with E-state index >= 15 is 0 Å². The summed E-state index contributed by atoms with van der Waals surface area (Å²) in [6, 6.07) is 1.69. The second kappa shape index (κ2) is 5.13. The first-order valence-corrected chi connectivity index (χ1v) is 8.73. The Morgan fingerprint density at radius 1 is 1.35 bits per heavy atom. The van der Waals surface area contributed by atoms with Crippen LogP contribution in [0, 0.1) is 19.3 Å². The number of aryl methyl sites for hydroxylation is 2. The van der Waals surface area contributed by atoms with E-state index in [1.54, 1.807) is 19.9 Å². The molecule has 0 radical (unpaired) electrons. The third kappa shape index (κ3) is 2.62. The largest absolute Gasteiger partial charge is 0.481 e. The molecule has 0 unspecified atom stereocenters. The van der Waals surface area contributed by atoms with Crippen LogP contribution in [0.4, 0.5) is 0 Å². The summed E-state index contributed by atoms with van der Waals surface area (Å²) < 4.78 is 26.6. The molecule has 1 aromatic rings. The summed E-state index contributed by atoms with van der Waals surface area (Å²) in [5.74, 6) is -0.850. The minimum atomic E-state index is -3.50. The van der Waals surface area contributed by atoms with Crippen LogP contribution in [0.15, 0.2) is 11.0 Å². The van der Waals surface area contributed by atoms with E-state index < -0.39 is 21.4 Å². The number of hydrogen-bond donors (Lipinski definition) is 1. The van der Waals surface area contributed by atoms with Gasteiger partial charge in [0, 0.05) is 22.8 Å². The van der Waals surface area contributed by atoms with E-state index in [4.69, 9.17) is 0 Å². The van der Waals surface area contributed by atoms with E-state index in [-0.39, 0.29) is 13.1 Å². The lowest BCUT2D eigenvalue weighted by atomic mass is 9.81. The number of aliphatic carboxylic acids is 1. The van der Waals surface area contributed by atoms with Crippen LogP contribution in [0.1, 0.15) is 29.5 Å². The standard InChI is InChI=1S/C13H19NO4S2/c1-9-8-11(10(2)19-9)20(17,18)14-6-4-13(3,5-7-14)12(15)16/h8H,4-7H2,1-3H3,(H,15,16). The number of thiophene rings is 1. The summed E-state index contributed by atoms with van der Waals surface area (Å²) in [5, 5.41) is 9.18. The van der Waals surface area contributed by atoms with Gasteiger partial charge in [-0.2, -0.15) is 4.31 Å². The SMILES string of the molecule is Cc1cc(S(=O)(=O)N2CCC(C)(C(=O)O)CC2)c(C)s1. The van der Waals surface area contributed by atoms with Crippen molar-refractivity contribution in [3.8, 4) is 0 Å². The second-order valence-corrected chi connectivity index (χ2v) is 8.91. The number of piperidine rings is 1. The lowest BCUT2D eigenvalue weighted by Gasteiger charge is -2.35. The molecule has 0 amide bonds. The summed E-state index contributed by atoms with van der Waals surface area (Å²) >= 11 is 1.46. The topological polar surface area (TPSA) is 74.7 Å². The Morgan fingerprint density at radius 3 is 2.30 bits per heavy atom. The average molecular weight is 317 g/mol. The van der Waals surface area contributed by atoms with Gasteiger partial charge in [0.25, 0.3) is 0 Å². The third-order valence-electron chi connectivity index (χ3n) is 3.96. The first kappa shape index (κ1) is 15.5. The maximum atomic E-state index is 12.6. The molecular formula is C13H19NO4S2. The molecule has 0 aromatic carbocycles. The average Bonchev–Trinajstić information content (AvgIpc) is 2.69. The van der Waals surface area contributed by atoms with Gasteiger partial charge in [0.15, 0.2) is 0 Å². The van der Waals surface area contributed by atoms with Crippen LogP contribution in [0.5, 0.6) is 0 Å². The van der Waals surface area contributed by atoms with Crippen molar-refractivity contribution in [2.45, 2.75) is 38.5 Å². The van der Waals surface area contributed by atoms with Crippen molar-refractivity contribution in [3.63, 3.8) is 0 Å². The van der Waals surface area contributed by atoms with E-state index in [1.165, 1.54) is 15.6 Å². The van der Waals surface area contributed by atoms with Gasteiger partial charge in [-0.25, -0.2) is 8.42 Å². The summed E-state index contributed by atoms with van der Waals surface area (Å²) in [5.41, 5.74) is -0.814. The molecule has 0 saturated carbocycles. The predicted molar refractivity (Wildman–Crippen MR) is 77.5 cm³/mol. The molecule has 1 N–H and O–H groups in total. The second-order valence-electron chi connectivity index (χ2n) is 5.55. The highest BCUT2D eigenvalue weighted by Crippen LogP contribution is 2.35. The van der Waals surface area contributed by atoms with E-state index in [9.17, 15) is 18.3 Å². The molecule has 112 valence electrons. The normalized spacial score (nSPS) is 19.9. The van der Waals surface area contributed by atoms with E-state index in [0.717, 1.165) is 9.75 Å². The highest BCUT2D eigenvalue weighted by molar-refractivity contribution is 7.89. The van der Waals surface area contributed by atoms with Gasteiger partial charge in [-0.3, -0.25) is 4.79 Å². The fourth-order valence-electron chi connectivity index (χ4n) is 2.44. The van der Waals surface area contributed by atoms with Crippen molar-refractivity contribution in [2.24, 2.45) is 5.41 Å². The fourth-order valence-corrected chi connectivity index (χ4v) is 5.40. The van der Waals surface area contributed by atoms with Crippen LogP contribution >= 0.6 is 11.3 Å². The maximum Gasteiger partial charge on any atom is 0.309 e. The zero-order chi connectivity index (χ0) is 15.1. The van der Waals surface area contributed by atoms with Crippen molar-refractivity contribution < 1.29 is 18.3 Å². The van der Waals surface area contributed by atoms with Crippen LogP contribution in [0.25, 0.3) is 0 Å². The minimum absolute atomic E-state index is 0.263. The quantitative estimate of drug-likeness (QED) is 0.928. The molecule has 20 heavy (non-hydrogen) atoms. The Morgan fingerprint density at radius 2 is 1.90 bits per heavy atom. The highest BCUT2D eigenvalue weighted by atomic mass is 32.2. The smallest absolute Gasteiger partial charge is 0.309 e. The van der Waals surface area contributed by atoms with Gasteiger partial charge in [0.05, 0.1) is 10.3 Å². The van der Waals surface area contributed by atoms with Gasteiger partial charge in [0.1, 0.15) is 0 Å². The molecule has 1 aromatic heterocycles. The number of hydrogen-bond acceptors (Lipinski definition) is 4. The fraction of sp³-hybridized carbons (Fsp3) is 0.615. The molecular weight excluding hydrogens is 298 g/mol. The highest BCUT2D eigenvalue weighted by Gasteiger charge is 2.40. The van der Waals surface area contributed by atoms with Crippen molar-refractivity contribution >= 4 is 27.3 Å². The number of carbonyl (C=O) groups is 1. The van der Waals surface area contributed by atoms with E-state index in [2.05, 4.69) is 0 Å². The van der Waals surface area contributed by atoms with Gasteiger partial charge in [-0.15, -0.1) is 11.3 Å². The van der Waals surface area contributed by atoms with Crippen molar-refractivity contribution in [2.75, 3.05) is 13.1 Å². The van der Waals surface area contributed by atoms with Crippen LogP contribution in [0.2, 0.25) is 0 Å². The van der Waals surface area contributed by atoms with Gasteiger partial charge in [-0.05, 0) is 39.7 Å². The summed E-state index contributed by atoms with van der Waals surface area (Å²) in [6.07, 6.45) is 0.702. The van der Waals surface area contributed by atoms with Crippen LogP contribution in [-0.4, -0.2) is 36.9 Å². The summed E-state index contributed by atoms with van der Waals surface area (Å²) in [4.78, 5) is 13.3. The molecule has 5 nitrogen and oxygen atoms in total. The third-order valence-corrected chi connectivity index (χ3v) is 7.08. The van der Waals surface area contributed by atoms with Gasteiger partial charge >= 0.3 is 5.97 Å². The molecule has 2 rings (SSSR count). The molecule has 1 fully saturated rings. The molecule has 0 spiro atoms. The maximum absolute atomic E-state index is 12.6. The summed E-state index contributed by atoms with van der Waals surface area (Å²) in [7, 11) is -3.50. The van der Waals surface area contributed by atoms with E-state index in [1.807, 2.05) is 6.92 Å². The first-order chi connectivity index (χ1) is 9.17. The number of nitrogens with zero attached hydrogens (tertiary/aromatic N) is 1. The Balaban J connectivity index is 2.22.